The lowest BCUT2D eigenvalue weighted by molar-refractivity contribution is 0.994. The Kier molecular flexibility index (Phi) is 2.94. The summed E-state index contributed by atoms with van der Waals surface area (Å²) in [5.41, 5.74) is 3.89. The number of benzene rings is 1. The van der Waals surface area contributed by atoms with Crippen LogP contribution in [0.15, 0.2) is 35.8 Å². The molecule has 0 aliphatic heterocycles. The van der Waals surface area contributed by atoms with Crippen LogP contribution in [0, 0.1) is 18.3 Å². The zero-order chi connectivity index (χ0) is 13.2. The number of hydrogen-bond donors (Lipinski definition) is 1. The van der Waals surface area contributed by atoms with E-state index in [1.54, 1.807) is 11.3 Å². The van der Waals surface area contributed by atoms with Crippen molar-refractivity contribution in [1.82, 2.24) is 9.38 Å². The summed E-state index contributed by atoms with van der Waals surface area (Å²) in [6.45, 7) is 2.74. The summed E-state index contributed by atoms with van der Waals surface area (Å²) in [6, 6.07) is 9.57. The number of fused-ring (bicyclic) bond motifs is 1. The van der Waals surface area contributed by atoms with Gasteiger partial charge in [0.05, 0.1) is 29.6 Å². The summed E-state index contributed by atoms with van der Waals surface area (Å²) in [7, 11) is 0. The minimum Gasteiger partial charge on any atom is -0.379 e. The Morgan fingerprint density at radius 2 is 2.16 bits per heavy atom. The average molecular weight is 268 g/mol. The molecule has 19 heavy (non-hydrogen) atoms. The topological polar surface area (TPSA) is 53.1 Å². The maximum Gasteiger partial charge on any atom is 0.194 e. The van der Waals surface area contributed by atoms with E-state index >= 15 is 0 Å². The molecule has 4 nitrogen and oxygen atoms in total. The molecule has 0 saturated heterocycles. The Morgan fingerprint density at radius 3 is 2.89 bits per heavy atom. The Morgan fingerprint density at radius 1 is 1.37 bits per heavy atom. The highest BCUT2D eigenvalue weighted by molar-refractivity contribution is 7.15. The molecule has 0 atom stereocenters. The number of imidazole rings is 1. The van der Waals surface area contributed by atoms with Crippen LogP contribution in [-0.2, 0) is 6.54 Å². The van der Waals surface area contributed by atoms with Gasteiger partial charge < -0.3 is 5.32 Å². The largest absolute Gasteiger partial charge is 0.379 e. The van der Waals surface area contributed by atoms with Gasteiger partial charge in [-0.25, -0.2) is 4.98 Å². The third-order valence-electron chi connectivity index (χ3n) is 3.04. The van der Waals surface area contributed by atoms with Crippen LogP contribution in [0.3, 0.4) is 0 Å². The molecule has 5 heteroatoms. The van der Waals surface area contributed by atoms with Gasteiger partial charge in [-0.2, -0.15) is 5.26 Å². The Bertz CT molecular complexity index is 746. The summed E-state index contributed by atoms with van der Waals surface area (Å²) in [4.78, 5) is 5.53. The van der Waals surface area contributed by atoms with Gasteiger partial charge in [-0.3, -0.25) is 4.40 Å². The van der Waals surface area contributed by atoms with E-state index in [4.69, 9.17) is 5.26 Å². The molecule has 0 spiro atoms. The number of aromatic nitrogens is 2. The van der Waals surface area contributed by atoms with Crippen LogP contribution in [0.25, 0.3) is 4.96 Å². The van der Waals surface area contributed by atoms with Crippen LogP contribution in [-0.4, -0.2) is 9.38 Å². The first kappa shape index (κ1) is 11.8. The van der Waals surface area contributed by atoms with Crippen LogP contribution in [0.2, 0.25) is 0 Å². The van der Waals surface area contributed by atoms with Crippen molar-refractivity contribution in [3.63, 3.8) is 0 Å². The van der Waals surface area contributed by atoms with E-state index < -0.39 is 0 Å². The van der Waals surface area contributed by atoms with Crippen LogP contribution in [0.5, 0.6) is 0 Å². The van der Waals surface area contributed by atoms with E-state index in [0.717, 1.165) is 22.9 Å². The first-order valence-electron chi connectivity index (χ1n) is 5.93. The SMILES string of the molecule is Cc1nc2sccn2c1CNc1ccc(C#N)cc1. The second-order valence-corrected chi connectivity index (χ2v) is 5.12. The molecule has 0 fully saturated rings. The molecule has 1 aromatic carbocycles. The highest BCUT2D eigenvalue weighted by Crippen LogP contribution is 2.18. The maximum absolute atomic E-state index is 8.76. The van der Waals surface area contributed by atoms with Crippen molar-refractivity contribution in [1.29, 1.82) is 5.26 Å². The third-order valence-corrected chi connectivity index (χ3v) is 3.79. The molecule has 3 rings (SSSR count). The zero-order valence-electron chi connectivity index (χ0n) is 10.4. The van der Waals surface area contributed by atoms with Crippen LogP contribution >= 0.6 is 11.3 Å². The monoisotopic (exact) mass is 268 g/mol. The normalized spacial score (nSPS) is 10.5. The smallest absolute Gasteiger partial charge is 0.194 e. The Balaban J connectivity index is 1.80. The standard InChI is InChI=1S/C14H12N4S/c1-10-13(18-6-7-19-14(18)17-10)9-16-12-4-2-11(8-15)3-5-12/h2-7,16H,9H2,1H3. The van der Waals surface area contributed by atoms with Crippen LogP contribution in [0.1, 0.15) is 17.0 Å². The summed E-state index contributed by atoms with van der Waals surface area (Å²) in [5.74, 6) is 0. The van der Waals surface area contributed by atoms with Crippen molar-refractivity contribution in [2.45, 2.75) is 13.5 Å². The second-order valence-electron chi connectivity index (χ2n) is 4.24. The summed E-state index contributed by atoms with van der Waals surface area (Å²) in [6.07, 6.45) is 2.04. The fourth-order valence-corrected chi connectivity index (χ4v) is 2.78. The first-order chi connectivity index (χ1) is 9.28. The molecule has 94 valence electrons. The van der Waals surface area contributed by atoms with Crippen molar-refractivity contribution in [2.75, 3.05) is 5.32 Å². The molecule has 0 radical (unpaired) electrons. The minimum atomic E-state index is 0.673. The number of nitrogens with zero attached hydrogens (tertiary/aromatic N) is 3. The molecule has 0 aliphatic carbocycles. The van der Waals surface area contributed by atoms with Gasteiger partial charge >= 0.3 is 0 Å². The second kappa shape index (κ2) is 4.75. The maximum atomic E-state index is 8.76. The highest BCUT2D eigenvalue weighted by atomic mass is 32.1. The molecule has 0 saturated carbocycles. The lowest BCUT2D eigenvalue weighted by Gasteiger charge is -2.06. The fourth-order valence-electron chi connectivity index (χ4n) is 2.00. The van der Waals surface area contributed by atoms with Crippen molar-refractivity contribution < 1.29 is 0 Å². The fraction of sp³-hybridized carbons (Fsp3) is 0.143. The number of nitriles is 1. The minimum absolute atomic E-state index is 0.673. The molecule has 0 aliphatic rings. The lowest BCUT2D eigenvalue weighted by atomic mass is 10.2. The van der Waals surface area contributed by atoms with Gasteiger partial charge in [0.1, 0.15) is 0 Å². The van der Waals surface area contributed by atoms with Crippen LogP contribution in [0.4, 0.5) is 5.69 Å². The Labute approximate surface area is 115 Å². The summed E-state index contributed by atoms with van der Waals surface area (Å²) in [5, 5.41) is 14.1. The molecule has 0 bridgehead atoms. The number of thiazole rings is 1. The van der Waals surface area contributed by atoms with E-state index in [0.29, 0.717) is 5.56 Å². The predicted octanol–water partition coefficient (Wildman–Crippen LogP) is 3.19. The average Bonchev–Trinajstić information content (AvgIpc) is 2.98. The van der Waals surface area contributed by atoms with Gasteiger partial charge in [0, 0.05) is 17.3 Å². The van der Waals surface area contributed by atoms with Gasteiger partial charge in [-0.1, -0.05) is 0 Å². The number of nitrogens with one attached hydrogen (secondary N) is 1. The molecule has 2 heterocycles. The van der Waals surface area contributed by atoms with E-state index in [1.807, 2.05) is 42.8 Å². The predicted molar refractivity (Wildman–Crippen MR) is 76.3 cm³/mol. The number of anilines is 1. The van der Waals surface area contributed by atoms with E-state index in [2.05, 4.69) is 20.8 Å². The summed E-state index contributed by atoms with van der Waals surface area (Å²) >= 11 is 1.64. The number of rotatable bonds is 3. The van der Waals surface area contributed by atoms with Crippen molar-refractivity contribution >= 4 is 22.0 Å². The highest BCUT2D eigenvalue weighted by Gasteiger charge is 2.08. The van der Waals surface area contributed by atoms with Gasteiger partial charge in [0.2, 0.25) is 0 Å². The molecule has 3 aromatic rings. The van der Waals surface area contributed by atoms with E-state index in [-0.39, 0.29) is 0 Å². The van der Waals surface area contributed by atoms with Crippen molar-refractivity contribution in [3.8, 4) is 6.07 Å². The van der Waals surface area contributed by atoms with Crippen LogP contribution < -0.4 is 5.32 Å². The number of aryl methyl sites for hydroxylation is 1. The molecule has 2 aromatic heterocycles. The van der Waals surface area contributed by atoms with Gasteiger partial charge in [-0.15, -0.1) is 11.3 Å². The van der Waals surface area contributed by atoms with Gasteiger partial charge in [0.25, 0.3) is 0 Å². The molecule has 0 amide bonds. The van der Waals surface area contributed by atoms with Gasteiger partial charge in [0.15, 0.2) is 4.96 Å². The van der Waals surface area contributed by atoms with Gasteiger partial charge in [-0.05, 0) is 31.2 Å². The van der Waals surface area contributed by atoms with E-state index in [9.17, 15) is 0 Å². The third kappa shape index (κ3) is 2.18. The molecular weight excluding hydrogens is 256 g/mol. The molecular formula is C14H12N4S. The van der Waals surface area contributed by atoms with Crippen molar-refractivity contribution in [3.05, 3.63) is 52.8 Å². The quantitative estimate of drug-likeness (QED) is 0.793. The van der Waals surface area contributed by atoms with E-state index in [1.165, 1.54) is 5.69 Å². The zero-order valence-corrected chi connectivity index (χ0v) is 11.2. The summed E-state index contributed by atoms with van der Waals surface area (Å²) < 4.78 is 2.11. The van der Waals surface area contributed by atoms with Crippen molar-refractivity contribution in [2.24, 2.45) is 0 Å². The molecule has 1 N–H and O–H groups in total. The first-order valence-corrected chi connectivity index (χ1v) is 6.81. The lowest BCUT2D eigenvalue weighted by Crippen LogP contribution is -2.03. The molecule has 0 unspecified atom stereocenters. The Hall–Kier alpha value is -2.32. The number of hydrogen-bond acceptors (Lipinski definition) is 4.